The minimum atomic E-state index is -0.609. The highest BCUT2D eigenvalue weighted by atomic mass is 16.5. The number of hydrogen-bond donors (Lipinski definition) is 2. The first kappa shape index (κ1) is 13.5. The summed E-state index contributed by atoms with van der Waals surface area (Å²) in [6.45, 7) is 1.78. The molecule has 0 aromatic rings. The zero-order valence-corrected chi connectivity index (χ0v) is 9.95. The summed E-state index contributed by atoms with van der Waals surface area (Å²) in [6, 6.07) is -0.575. The lowest BCUT2D eigenvalue weighted by Crippen LogP contribution is -2.41. The molecule has 0 atom stereocenters. The zero-order valence-electron chi connectivity index (χ0n) is 9.95. The lowest BCUT2D eigenvalue weighted by molar-refractivity contribution is -0.152. The van der Waals surface area contributed by atoms with E-state index < -0.39 is 18.5 Å². The van der Waals surface area contributed by atoms with E-state index in [1.165, 1.54) is 0 Å². The highest BCUT2D eigenvalue weighted by molar-refractivity contribution is 5.95. The number of amides is 3. The molecule has 1 aliphatic rings. The van der Waals surface area contributed by atoms with Crippen LogP contribution in [0.5, 0.6) is 0 Å². The fourth-order valence-corrected chi connectivity index (χ4v) is 1.78. The van der Waals surface area contributed by atoms with E-state index in [1.54, 1.807) is 6.92 Å². The summed E-state index contributed by atoms with van der Waals surface area (Å²) in [5.74, 6) is -1.02. The van der Waals surface area contributed by atoms with Crippen molar-refractivity contribution < 1.29 is 19.1 Å². The molecule has 3 amide bonds. The van der Waals surface area contributed by atoms with Gasteiger partial charge in [-0.05, 0) is 19.8 Å². The van der Waals surface area contributed by atoms with Crippen molar-refractivity contribution in [1.82, 2.24) is 10.6 Å². The van der Waals surface area contributed by atoms with Crippen molar-refractivity contribution in [2.75, 3.05) is 13.2 Å². The third-order valence-electron chi connectivity index (χ3n) is 2.62. The van der Waals surface area contributed by atoms with Gasteiger partial charge in [0.1, 0.15) is 0 Å². The molecule has 0 radical (unpaired) electrons. The number of hydrogen-bond acceptors (Lipinski definition) is 4. The SMILES string of the molecule is CCNC(=O)NC(=O)COC(=O)C1CCCC1. The molecular weight excluding hydrogens is 224 g/mol. The Bertz CT molecular complexity index is 298. The molecule has 1 aliphatic carbocycles. The summed E-state index contributed by atoms with van der Waals surface area (Å²) in [7, 11) is 0. The van der Waals surface area contributed by atoms with Gasteiger partial charge in [-0.1, -0.05) is 12.8 Å². The van der Waals surface area contributed by atoms with Crippen LogP contribution in [0.1, 0.15) is 32.6 Å². The highest BCUT2D eigenvalue weighted by Crippen LogP contribution is 2.25. The third-order valence-corrected chi connectivity index (χ3v) is 2.62. The van der Waals surface area contributed by atoms with E-state index >= 15 is 0 Å². The first-order valence-corrected chi connectivity index (χ1v) is 5.87. The summed E-state index contributed by atoms with van der Waals surface area (Å²) in [5, 5.41) is 4.47. The van der Waals surface area contributed by atoms with Crippen LogP contribution in [-0.4, -0.2) is 31.1 Å². The fourth-order valence-electron chi connectivity index (χ4n) is 1.78. The summed E-state index contributed by atoms with van der Waals surface area (Å²) in [4.78, 5) is 33.6. The molecule has 1 rings (SSSR count). The van der Waals surface area contributed by atoms with Gasteiger partial charge in [0.15, 0.2) is 6.61 Å². The van der Waals surface area contributed by atoms with Crippen LogP contribution in [0.3, 0.4) is 0 Å². The topological polar surface area (TPSA) is 84.5 Å². The molecule has 0 heterocycles. The molecule has 0 saturated heterocycles. The third kappa shape index (κ3) is 4.84. The van der Waals surface area contributed by atoms with Gasteiger partial charge in [0, 0.05) is 6.54 Å². The molecule has 6 nitrogen and oxygen atoms in total. The van der Waals surface area contributed by atoms with Crippen molar-refractivity contribution in [3.8, 4) is 0 Å². The van der Waals surface area contributed by atoms with E-state index in [-0.39, 0.29) is 11.9 Å². The molecule has 2 N–H and O–H groups in total. The summed E-state index contributed by atoms with van der Waals surface area (Å²) >= 11 is 0. The van der Waals surface area contributed by atoms with E-state index in [9.17, 15) is 14.4 Å². The van der Waals surface area contributed by atoms with Crippen LogP contribution in [0, 0.1) is 5.92 Å². The van der Waals surface area contributed by atoms with E-state index in [2.05, 4.69) is 10.6 Å². The summed E-state index contributed by atoms with van der Waals surface area (Å²) in [6.07, 6.45) is 3.73. The van der Waals surface area contributed by atoms with Crippen molar-refractivity contribution in [3.05, 3.63) is 0 Å². The van der Waals surface area contributed by atoms with Crippen LogP contribution in [0.15, 0.2) is 0 Å². The number of esters is 1. The number of rotatable bonds is 4. The Morgan fingerprint density at radius 3 is 2.47 bits per heavy atom. The maximum absolute atomic E-state index is 11.5. The molecule has 0 unspecified atom stereocenters. The molecule has 0 spiro atoms. The zero-order chi connectivity index (χ0) is 12.7. The van der Waals surface area contributed by atoms with E-state index in [0.717, 1.165) is 25.7 Å². The van der Waals surface area contributed by atoms with Crippen molar-refractivity contribution in [1.29, 1.82) is 0 Å². The van der Waals surface area contributed by atoms with Crippen LogP contribution in [0.4, 0.5) is 4.79 Å². The number of ether oxygens (including phenoxy) is 1. The second-order valence-electron chi connectivity index (χ2n) is 4.00. The van der Waals surface area contributed by atoms with Gasteiger partial charge in [-0.25, -0.2) is 4.79 Å². The Balaban J connectivity index is 2.18. The fraction of sp³-hybridized carbons (Fsp3) is 0.727. The second kappa shape index (κ2) is 6.88. The van der Waals surface area contributed by atoms with Gasteiger partial charge >= 0.3 is 12.0 Å². The summed E-state index contributed by atoms with van der Waals surface area (Å²) in [5.41, 5.74) is 0. The Hall–Kier alpha value is -1.59. The lowest BCUT2D eigenvalue weighted by Gasteiger charge is -2.09. The number of carbonyl (C=O) groups excluding carboxylic acids is 3. The Kier molecular flexibility index (Phi) is 5.45. The highest BCUT2D eigenvalue weighted by Gasteiger charge is 2.24. The lowest BCUT2D eigenvalue weighted by atomic mass is 10.1. The molecule has 0 aliphatic heterocycles. The molecule has 1 saturated carbocycles. The smallest absolute Gasteiger partial charge is 0.321 e. The van der Waals surface area contributed by atoms with Gasteiger partial charge in [0.25, 0.3) is 5.91 Å². The number of nitrogens with one attached hydrogen (secondary N) is 2. The second-order valence-corrected chi connectivity index (χ2v) is 4.00. The first-order valence-electron chi connectivity index (χ1n) is 5.87. The number of carbonyl (C=O) groups is 3. The van der Waals surface area contributed by atoms with Crippen LogP contribution in [0.25, 0.3) is 0 Å². The molecule has 96 valence electrons. The quantitative estimate of drug-likeness (QED) is 0.706. The Morgan fingerprint density at radius 1 is 1.24 bits per heavy atom. The minimum Gasteiger partial charge on any atom is -0.455 e. The Labute approximate surface area is 100 Å². The molecular formula is C11H18N2O4. The molecule has 0 bridgehead atoms. The van der Waals surface area contributed by atoms with Gasteiger partial charge in [-0.15, -0.1) is 0 Å². The number of imide groups is 1. The van der Waals surface area contributed by atoms with Gasteiger partial charge in [0.05, 0.1) is 5.92 Å². The van der Waals surface area contributed by atoms with Gasteiger partial charge in [-0.3, -0.25) is 14.9 Å². The first-order chi connectivity index (χ1) is 8.13. The van der Waals surface area contributed by atoms with Crippen molar-refractivity contribution in [2.45, 2.75) is 32.6 Å². The van der Waals surface area contributed by atoms with Crippen LogP contribution in [0.2, 0.25) is 0 Å². The van der Waals surface area contributed by atoms with E-state index in [0.29, 0.717) is 6.54 Å². The summed E-state index contributed by atoms with van der Waals surface area (Å²) < 4.78 is 4.84. The monoisotopic (exact) mass is 242 g/mol. The van der Waals surface area contributed by atoms with Gasteiger partial charge in [0.2, 0.25) is 0 Å². The van der Waals surface area contributed by atoms with E-state index in [1.807, 2.05) is 0 Å². The molecule has 0 aromatic carbocycles. The maximum atomic E-state index is 11.5. The van der Waals surface area contributed by atoms with Crippen molar-refractivity contribution in [2.24, 2.45) is 5.92 Å². The van der Waals surface area contributed by atoms with Gasteiger partial charge in [-0.2, -0.15) is 0 Å². The van der Waals surface area contributed by atoms with Crippen molar-refractivity contribution >= 4 is 17.9 Å². The maximum Gasteiger partial charge on any atom is 0.321 e. The van der Waals surface area contributed by atoms with E-state index in [4.69, 9.17) is 4.74 Å². The molecule has 17 heavy (non-hydrogen) atoms. The van der Waals surface area contributed by atoms with Crippen LogP contribution >= 0.6 is 0 Å². The Morgan fingerprint density at radius 2 is 1.88 bits per heavy atom. The normalized spacial score (nSPS) is 15.4. The molecule has 0 aromatic heterocycles. The predicted molar refractivity (Wildman–Crippen MR) is 60.1 cm³/mol. The largest absolute Gasteiger partial charge is 0.455 e. The standard InChI is InChI=1S/C11H18N2O4/c1-2-12-11(16)13-9(14)7-17-10(15)8-5-3-4-6-8/h8H,2-7H2,1H3,(H2,12,13,14,16). The minimum absolute atomic E-state index is 0.0766. The van der Waals surface area contributed by atoms with Crippen LogP contribution < -0.4 is 10.6 Å². The predicted octanol–water partition coefficient (Wildman–Crippen LogP) is 0.565. The van der Waals surface area contributed by atoms with Crippen molar-refractivity contribution in [3.63, 3.8) is 0 Å². The average Bonchev–Trinajstić information content (AvgIpc) is 2.79. The van der Waals surface area contributed by atoms with Crippen LogP contribution in [-0.2, 0) is 14.3 Å². The van der Waals surface area contributed by atoms with Gasteiger partial charge < -0.3 is 10.1 Å². The molecule has 6 heteroatoms. The molecule has 1 fully saturated rings. The number of urea groups is 1. The average molecular weight is 242 g/mol.